The van der Waals surface area contributed by atoms with Crippen molar-refractivity contribution in [2.24, 2.45) is 0 Å². The van der Waals surface area contributed by atoms with Crippen molar-refractivity contribution in [2.75, 3.05) is 6.54 Å². The molecule has 0 unspecified atom stereocenters. The predicted molar refractivity (Wildman–Crippen MR) is 84.3 cm³/mol. The molecule has 0 bridgehead atoms. The summed E-state index contributed by atoms with van der Waals surface area (Å²) in [4.78, 5) is 12.0. The lowest BCUT2D eigenvalue weighted by molar-refractivity contribution is 0.0917. The summed E-state index contributed by atoms with van der Waals surface area (Å²) >= 11 is 0. The van der Waals surface area contributed by atoms with Crippen LogP contribution in [-0.4, -0.2) is 17.6 Å². The Bertz CT molecular complexity index is 844. The summed E-state index contributed by atoms with van der Waals surface area (Å²) in [5.41, 5.74) is 1.83. The van der Waals surface area contributed by atoms with E-state index in [0.29, 0.717) is 24.2 Å². The molecule has 0 saturated heterocycles. The molecule has 4 nitrogen and oxygen atoms in total. The summed E-state index contributed by atoms with van der Waals surface area (Å²) in [5.74, 6) is -1.05. The van der Waals surface area contributed by atoms with E-state index in [4.69, 9.17) is 4.52 Å². The number of amides is 1. The lowest BCUT2D eigenvalue weighted by Gasteiger charge is -2.03. The van der Waals surface area contributed by atoms with Crippen LogP contribution in [0.5, 0.6) is 0 Å². The van der Waals surface area contributed by atoms with E-state index in [0.717, 1.165) is 5.56 Å². The second kappa shape index (κ2) is 7.04. The van der Waals surface area contributed by atoms with Gasteiger partial charge in [0.05, 0.1) is 0 Å². The van der Waals surface area contributed by atoms with E-state index in [1.54, 1.807) is 24.3 Å². The SMILES string of the molecule is O=C(NCCc1ccc(F)cc1)c1cc(-c2cccc(F)c2)no1. The molecule has 1 aromatic heterocycles. The van der Waals surface area contributed by atoms with Crippen LogP contribution in [0.15, 0.2) is 59.1 Å². The van der Waals surface area contributed by atoms with Crippen LogP contribution in [0.3, 0.4) is 0 Å². The van der Waals surface area contributed by atoms with Gasteiger partial charge in [-0.3, -0.25) is 4.79 Å². The van der Waals surface area contributed by atoms with Crippen LogP contribution in [0, 0.1) is 11.6 Å². The first-order valence-electron chi connectivity index (χ1n) is 7.37. The Morgan fingerprint density at radius 1 is 1.04 bits per heavy atom. The van der Waals surface area contributed by atoms with Crippen molar-refractivity contribution < 1.29 is 18.1 Å². The first-order chi connectivity index (χ1) is 11.6. The molecule has 1 heterocycles. The summed E-state index contributed by atoms with van der Waals surface area (Å²) in [5, 5.41) is 6.48. The molecule has 122 valence electrons. The van der Waals surface area contributed by atoms with E-state index in [9.17, 15) is 13.6 Å². The Morgan fingerprint density at radius 3 is 2.58 bits per heavy atom. The third-order valence-electron chi connectivity index (χ3n) is 3.47. The van der Waals surface area contributed by atoms with Crippen LogP contribution < -0.4 is 5.32 Å². The van der Waals surface area contributed by atoms with Gasteiger partial charge in [-0.2, -0.15) is 0 Å². The summed E-state index contributed by atoms with van der Waals surface area (Å²) in [6.07, 6.45) is 0.566. The van der Waals surface area contributed by atoms with Crippen molar-refractivity contribution in [3.63, 3.8) is 0 Å². The van der Waals surface area contributed by atoms with Crippen molar-refractivity contribution >= 4 is 5.91 Å². The smallest absolute Gasteiger partial charge is 0.289 e. The van der Waals surface area contributed by atoms with Crippen molar-refractivity contribution in [1.82, 2.24) is 10.5 Å². The quantitative estimate of drug-likeness (QED) is 0.779. The number of nitrogens with zero attached hydrogens (tertiary/aromatic N) is 1. The molecule has 0 radical (unpaired) electrons. The third-order valence-corrected chi connectivity index (χ3v) is 3.47. The maximum absolute atomic E-state index is 13.2. The minimum absolute atomic E-state index is 0.0494. The molecular weight excluding hydrogens is 314 g/mol. The Hall–Kier alpha value is -3.02. The van der Waals surface area contributed by atoms with Crippen molar-refractivity contribution in [1.29, 1.82) is 0 Å². The van der Waals surface area contributed by atoms with Crippen LogP contribution in [0.1, 0.15) is 16.1 Å². The Labute approximate surface area is 137 Å². The predicted octanol–water partition coefficient (Wildman–Crippen LogP) is 3.59. The molecule has 0 fully saturated rings. The number of rotatable bonds is 5. The van der Waals surface area contributed by atoms with Gasteiger partial charge >= 0.3 is 0 Å². The number of benzene rings is 2. The van der Waals surface area contributed by atoms with Gasteiger partial charge in [0.2, 0.25) is 5.76 Å². The molecule has 2 aromatic carbocycles. The number of hydrogen-bond donors (Lipinski definition) is 1. The van der Waals surface area contributed by atoms with Crippen molar-refractivity contribution in [3.8, 4) is 11.3 Å². The van der Waals surface area contributed by atoms with Crippen LogP contribution >= 0.6 is 0 Å². The highest BCUT2D eigenvalue weighted by Gasteiger charge is 2.14. The van der Waals surface area contributed by atoms with E-state index in [2.05, 4.69) is 10.5 Å². The van der Waals surface area contributed by atoms with Gasteiger partial charge in [0.15, 0.2) is 0 Å². The zero-order chi connectivity index (χ0) is 16.9. The van der Waals surface area contributed by atoms with Crippen molar-refractivity contribution in [2.45, 2.75) is 6.42 Å². The second-order valence-electron chi connectivity index (χ2n) is 5.22. The maximum Gasteiger partial charge on any atom is 0.289 e. The molecule has 0 spiro atoms. The maximum atomic E-state index is 13.2. The van der Waals surface area contributed by atoms with Gasteiger partial charge < -0.3 is 9.84 Å². The number of carbonyl (C=O) groups excluding carboxylic acids is 1. The molecule has 24 heavy (non-hydrogen) atoms. The topological polar surface area (TPSA) is 55.1 Å². The molecule has 3 aromatic rings. The van der Waals surface area contributed by atoms with Gasteiger partial charge in [0.25, 0.3) is 5.91 Å². The Kier molecular flexibility index (Phi) is 4.65. The van der Waals surface area contributed by atoms with E-state index < -0.39 is 5.91 Å². The fourth-order valence-corrected chi connectivity index (χ4v) is 2.22. The van der Waals surface area contributed by atoms with Crippen molar-refractivity contribution in [3.05, 3.63) is 77.6 Å². The lowest BCUT2D eigenvalue weighted by atomic mass is 10.1. The minimum Gasteiger partial charge on any atom is -0.350 e. The number of aromatic nitrogens is 1. The monoisotopic (exact) mass is 328 g/mol. The average Bonchev–Trinajstić information content (AvgIpc) is 3.07. The van der Waals surface area contributed by atoms with Crippen LogP contribution in [0.4, 0.5) is 8.78 Å². The van der Waals surface area contributed by atoms with Gasteiger partial charge in [-0.1, -0.05) is 29.4 Å². The zero-order valence-electron chi connectivity index (χ0n) is 12.6. The number of carbonyl (C=O) groups is 1. The first kappa shape index (κ1) is 15.9. The minimum atomic E-state index is -0.410. The fraction of sp³-hybridized carbons (Fsp3) is 0.111. The third kappa shape index (κ3) is 3.84. The molecule has 0 aliphatic carbocycles. The average molecular weight is 328 g/mol. The number of hydrogen-bond acceptors (Lipinski definition) is 3. The molecule has 3 rings (SSSR count). The molecule has 6 heteroatoms. The van der Waals surface area contributed by atoms with E-state index in [1.807, 2.05) is 0 Å². The van der Waals surface area contributed by atoms with E-state index in [1.165, 1.54) is 30.3 Å². The fourth-order valence-electron chi connectivity index (χ4n) is 2.22. The summed E-state index contributed by atoms with van der Waals surface area (Å²) in [6.45, 7) is 0.375. The summed E-state index contributed by atoms with van der Waals surface area (Å²) < 4.78 is 31.0. The van der Waals surface area contributed by atoms with Gasteiger partial charge in [0, 0.05) is 18.2 Å². The molecule has 1 amide bonds. The van der Waals surface area contributed by atoms with Crippen LogP contribution in [-0.2, 0) is 6.42 Å². The summed E-state index contributed by atoms with van der Waals surface area (Å²) in [7, 11) is 0. The highest BCUT2D eigenvalue weighted by molar-refractivity contribution is 5.92. The molecule has 0 saturated carbocycles. The van der Waals surface area contributed by atoms with Gasteiger partial charge in [-0.25, -0.2) is 8.78 Å². The molecule has 0 aliphatic heterocycles. The van der Waals surface area contributed by atoms with Gasteiger partial charge in [0.1, 0.15) is 17.3 Å². The Morgan fingerprint density at radius 2 is 1.83 bits per heavy atom. The molecule has 0 atom stereocenters. The van der Waals surface area contributed by atoms with Gasteiger partial charge in [-0.05, 0) is 36.2 Å². The largest absolute Gasteiger partial charge is 0.350 e. The number of halogens is 2. The van der Waals surface area contributed by atoms with Crippen LogP contribution in [0.2, 0.25) is 0 Å². The summed E-state index contributed by atoms with van der Waals surface area (Å²) in [6, 6.07) is 13.4. The van der Waals surface area contributed by atoms with Gasteiger partial charge in [-0.15, -0.1) is 0 Å². The lowest BCUT2D eigenvalue weighted by Crippen LogP contribution is -2.25. The molecule has 1 N–H and O–H groups in total. The zero-order valence-corrected chi connectivity index (χ0v) is 12.6. The number of nitrogens with one attached hydrogen (secondary N) is 1. The highest BCUT2D eigenvalue weighted by atomic mass is 19.1. The van der Waals surface area contributed by atoms with E-state index >= 15 is 0 Å². The second-order valence-corrected chi connectivity index (χ2v) is 5.22. The van der Waals surface area contributed by atoms with E-state index in [-0.39, 0.29) is 17.4 Å². The normalized spacial score (nSPS) is 10.6. The molecular formula is C18H14F2N2O2. The highest BCUT2D eigenvalue weighted by Crippen LogP contribution is 2.19. The standard InChI is InChI=1S/C18H14F2N2O2/c19-14-6-4-12(5-7-14)8-9-21-18(23)17-11-16(22-24-17)13-2-1-3-15(20)10-13/h1-7,10-11H,8-9H2,(H,21,23). The first-order valence-corrected chi connectivity index (χ1v) is 7.37. The Balaban J connectivity index is 1.58. The van der Waals surface area contributed by atoms with Crippen LogP contribution in [0.25, 0.3) is 11.3 Å². The molecule has 0 aliphatic rings.